The van der Waals surface area contributed by atoms with Crippen molar-refractivity contribution in [2.75, 3.05) is 19.8 Å². The van der Waals surface area contributed by atoms with Gasteiger partial charge in [-0.15, -0.1) is 0 Å². The zero-order chi connectivity index (χ0) is 52.7. The Balaban J connectivity index is 0.858. The highest BCUT2D eigenvalue weighted by Crippen LogP contribution is 2.69. The van der Waals surface area contributed by atoms with Crippen molar-refractivity contribution in [3.8, 4) is 0 Å². The standard InChI is InChI=1S/C51H82O22/c1-19(18-65-46-39(61)38(60)35(57)30(16-52)70-46)13-28(54)43-20(2)32-29(69-43)15-27-25-8-7-23-14-24(9-11-50(23,5)26(25)10-12-51(27,32)6)68-49-45(73-48-41(63)37(59)34(56)22(4)67-48)42(64)44(31(17-53)71-49)72-47-40(62)36(58)33(55)21(3)66-47/h7,19,21-22,24-42,44-49,52-64H,8-18H2,1-6H3/t19-,21+,22+,24+,25-,26+,27+,28?,29+,30-,31-,32+,33+,34+,35-,36-,37-,38+,39-,40-,41-,42+,44-,45-,46-,47+,48+,49-,50+,51+/m1/s1. The van der Waals surface area contributed by atoms with Crippen LogP contribution in [0.5, 0.6) is 0 Å². The summed E-state index contributed by atoms with van der Waals surface area (Å²) >= 11 is 0. The Labute approximate surface area is 425 Å². The summed E-state index contributed by atoms with van der Waals surface area (Å²) in [4.78, 5) is 0. The minimum Gasteiger partial charge on any atom is -0.491 e. The number of allylic oxidation sites excluding steroid dienone is 1. The summed E-state index contributed by atoms with van der Waals surface area (Å²) < 4.78 is 54.5. The van der Waals surface area contributed by atoms with Crippen LogP contribution in [0, 0.1) is 40.4 Å². The predicted octanol–water partition coefficient (Wildman–Crippen LogP) is -2.06. The van der Waals surface area contributed by atoms with Crippen LogP contribution in [-0.4, -0.2) is 227 Å². The Morgan fingerprint density at radius 2 is 1.25 bits per heavy atom. The molecule has 9 rings (SSSR count). The van der Waals surface area contributed by atoms with Crippen molar-refractivity contribution in [2.24, 2.45) is 40.4 Å². The number of hydrogen-bond acceptors (Lipinski definition) is 22. The Morgan fingerprint density at radius 1 is 0.658 bits per heavy atom. The van der Waals surface area contributed by atoms with Gasteiger partial charge in [0, 0.05) is 5.92 Å². The van der Waals surface area contributed by atoms with Gasteiger partial charge < -0.3 is 109 Å². The fourth-order valence-electron chi connectivity index (χ4n) is 14.6. The molecule has 3 saturated carbocycles. The van der Waals surface area contributed by atoms with E-state index in [0.29, 0.717) is 42.8 Å². The summed E-state index contributed by atoms with van der Waals surface area (Å²) in [6.45, 7) is 10.5. The van der Waals surface area contributed by atoms with Gasteiger partial charge in [-0.1, -0.05) is 32.4 Å². The average molecular weight is 1050 g/mol. The van der Waals surface area contributed by atoms with E-state index in [9.17, 15) is 66.4 Å². The van der Waals surface area contributed by atoms with Gasteiger partial charge >= 0.3 is 0 Å². The van der Waals surface area contributed by atoms with Gasteiger partial charge in [0.05, 0.1) is 38.1 Å². The molecule has 13 N–H and O–H groups in total. The Morgan fingerprint density at radius 3 is 1.88 bits per heavy atom. The monoisotopic (exact) mass is 1050 g/mol. The Bertz CT molecular complexity index is 1960. The topological polar surface area (TPSA) is 346 Å². The molecule has 22 heteroatoms. The van der Waals surface area contributed by atoms with Gasteiger partial charge in [0.15, 0.2) is 25.2 Å². The molecule has 5 heterocycles. The first kappa shape index (κ1) is 56.2. The molecule has 0 bridgehead atoms. The summed E-state index contributed by atoms with van der Waals surface area (Å²) in [5.74, 6) is 1.70. The molecule has 22 nitrogen and oxygen atoms in total. The largest absolute Gasteiger partial charge is 0.491 e. The maximum atomic E-state index is 12.0. The van der Waals surface area contributed by atoms with E-state index in [1.807, 2.05) is 6.92 Å². The molecular formula is C51H82O22. The van der Waals surface area contributed by atoms with E-state index in [1.54, 1.807) is 0 Å². The summed E-state index contributed by atoms with van der Waals surface area (Å²) in [5, 5.41) is 138. The molecule has 0 radical (unpaired) electrons. The molecule has 9 aliphatic rings. The number of rotatable bonds is 14. The molecule has 30 atom stereocenters. The molecule has 0 aromatic heterocycles. The number of aliphatic hydroxyl groups is 13. The lowest BCUT2D eigenvalue weighted by Gasteiger charge is -2.58. The molecule has 4 aliphatic carbocycles. The second kappa shape index (κ2) is 21.9. The third-order valence-electron chi connectivity index (χ3n) is 18.8. The number of ether oxygens (including phenoxy) is 9. The van der Waals surface area contributed by atoms with Gasteiger partial charge in [0.25, 0.3) is 0 Å². The summed E-state index contributed by atoms with van der Waals surface area (Å²) in [6.07, 6.45) is -22.0. The molecule has 0 amide bonds. The van der Waals surface area contributed by atoms with Crippen molar-refractivity contribution < 1.29 is 109 Å². The molecular weight excluding hydrogens is 965 g/mol. The minimum absolute atomic E-state index is 0.0573. The molecule has 4 saturated heterocycles. The van der Waals surface area contributed by atoms with Gasteiger partial charge in [-0.05, 0) is 112 Å². The van der Waals surface area contributed by atoms with E-state index < -0.39 is 148 Å². The highest BCUT2D eigenvalue weighted by Gasteiger charge is 2.64. The van der Waals surface area contributed by atoms with Crippen molar-refractivity contribution in [1.82, 2.24) is 0 Å². The zero-order valence-electron chi connectivity index (χ0n) is 42.5. The van der Waals surface area contributed by atoms with Crippen molar-refractivity contribution in [3.05, 3.63) is 23.0 Å². The zero-order valence-corrected chi connectivity index (χ0v) is 42.5. The van der Waals surface area contributed by atoms with Crippen LogP contribution in [0.25, 0.3) is 0 Å². The van der Waals surface area contributed by atoms with Crippen molar-refractivity contribution >= 4 is 0 Å². The second-order valence-corrected chi connectivity index (χ2v) is 23.4. The fourth-order valence-corrected chi connectivity index (χ4v) is 14.6. The molecule has 0 aromatic rings. The van der Waals surface area contributed by atoms with Crippen LogP contribution in [0.2, 0.25) is 0 Å². The van der Waals surface area contributed by atoms with E-state index in [0.717, 1.165) is 37.7 Å². The first-order chi connectivity index (χ1) is 34.5. The molecule has 5 aliphatic heterocycles. The van der Waals surface area contributed by atoms with Crippen molar-refractivity contribution in [3.63, 3.8) is 0 Å². The number of fused-ring (bicyclic) bond motifs is 7. The normalized spacial score (nSPS) is 52.8. The third-order valence-corrected chi connectivity index (χ3v) is 18.8. The molecule has 0 spiro atoms. The summed E-state index contributed by atoms with van der Waals surface area (Å²) in [7, 11) is 0. The number of hydrogen-bond donors (Lipinski definition) is 13. The van der Waals surface area contributed by atoms with Crippen molar-refractivity contribution in [2.45, 2.75) is 234 Å². The smallest absolute Gasteiger partial charge is 0.187 e. The van der Waals surface area contributed by atoms with Crippen LogP contribution in [0.1, 0.15) is 92.9 Å². The van der Waals surface area contributed by atoms with Gasteiger partial charge in [-0.25, -0.2) is 0 Å². The van der Waals surface area contributed by atoms with Gasteiger partial charge in [-0.2, -0.15) is 0 Å². The maximum Gasteiger partial charge on any atom is 0.187 e. The van der Waals surface area contributed by atoms with Crippen LogP contribution in [0.3, 0.4) is 0 Å². The highest BCUT2D eigenvalue weighted by molar-refractivity contribution is 5.31. The van der Waals surface area contributed by atoms with E-state index in [4.69, 9.17) is 42.6 Å². The van der Waals surface area contributed by atoms with Gasteiger partial charge in [-0.3, -0.25) is 0 Å². The van der Waals surface area contributed by atoms with Crippen LogP contribution in [-0.2, 0) is 42.6 Å². The molecule has 73 heavy (non-hydrogen) atoms. The summed E-state index contributed by atoms with van der Waals surface area (Å²) in [6, 6.07) is 0. The number of aliphatic hydroxyl groups excluding tert-OH is 13. The van der Waals surface area contributed by atoms with Crippen LogP contribution >= 0.6 is 0 Å². The van der Waals surface area contributed by atoms with Crippen LogP contribution in [0.4, 0.5) is 0 Å². The molecule has 0 aromatic carbocycles. The SMILES string of the molecule is CC1=C(C(O)C[C@@H](C)CO[C@@H]2O[C@H](CO)[C@@H](O)[C@H](O)[C@H]2O)O[C@H]2C[C@H]3[C@@H]4CC=C5C[C@@H](O[C@@H]6O[C@H](CO)[C@@H](O[C@@H]7O[C@@H](C)[C@H](O)[C@@H](O)[C@H]7O)[C@H](O)[C@H]6O[C@@H]6O[C@@H](C)[C@H](O)[C@@H](O)[C@H]6O)CC[C@]5(C)[C@H]4CC[C@]3(C)[C@@H]12. The van der Waals surface area contributed by atoms with E-state index >= 15 is 0 Å². The van der Waals surface area contributed by atoms with Crippen LogP contribution < -0.4 is 0 Å². The van der Waals surface area contributed by atoms with Crippen molar-refractivity contribution in [1.29, 1.82) is 0 Å². The minimum atomic E-state index is -1.75. The lowest BCUT2D eigenvalue weighted by molar-refractivity contribution is -0.388. The lowest BCUT2D eigenvalue weighted by Crippen LogP contribution is -2.66. The van der Waals surface area contributed by atoms with Gasteiger partial charge in [0.2, 0.25) is 0 Å². The quantitative estimate of drug-likeness (QED) is 0.0832. The van der Waals surface area contributed by atoms with Crippen LogP contribution in [0.15, 0.2) is 23.0 Å². The molecule has 1 unspecified atom stereocenters. The summed E-state index contributed by atoms with van der Waals surface area (Å²) in [5.41, 5.74) is 2.14. The lowest BCUT2D eigenvalue weighted by atomic mass is 9.47. The van der Waals surface area contributed by atoms with E-state index in [-0.39, 0.29) is 35.4 Å². The molecule has 7 fully saturated rings. The maximum absolute atomic E-state index is 12.0. The van der Waals surface area contributed by atoms with Gasteiger partial charge in [0.1, 0.15) is 103 Å². The Kier molecular flexibility index (Phi) is 16.9. The molecule has 418 valence electrons. The second-order valence-electron chi connectivity index (χ2n) is 23.4. The van der Waals surface area contributed by atoms with E-state index in [2.05, 4.69) is 26.8 Å². The first-order valence-corrected chi connectivity index (χ1v) is 26.5. The fraction of sp³-hybridized carbons (Fsp3) is 0.922. The predicted molar refractivity (Wildman–Crippen MR) is 249 cm³/mol. The third kappa shape index (κ3) is 10.1. The average Bonchev–Trinajstić information content (AvgIpc) is 3.86. The first-order valence-electron chi connectivity index (χ1n) is 26.5. The van der Waals surface area contributed by atoms with E-state index in [1.165, 1.54) is 19.4 Å². The Hall–Kier alpha value is -1.56. The highest BCUT2D eigenvalue weighted by atomic mass is 16.8.